The Labute approximate surface area is 436 Å². The van der Waals surface area contributed by atoms with E-state index in [4.69, 9.17) is 18.9 Å². The Morgan fingerprint density at radius 1 is 0.851 bits per heavy atom. The van der Waals surface area contributed by atoms with Gasteiger partial charge in [-0.05, 0) is 77.2 Å². The highest BCUT2D eigenvalue weighted by molar-refractivity contribution is 6.01. The van der Waals surface area contributed by atoms with E-state index in [9.17, 15) is 43.5 Å². The van der Waals surface area contributed by atoms with E-state index in [1.54, 1.807) is 65.9 Å². The van der Waals surface area contributed by atoms with Crippen molar-refractivity contribution in [2.45, 2.75) is 181 Å². The zero-order valence-electron chi connectivity index (χ0n) is 45.1. The van der Waals surface area contributed by atoms with E-state index in [1.165, 1.54) is 4.90 Å². The molecule has 1 saturated heterocycles. The van der Waals surface area contributed by atoms with Crippen LogP contribution in [-0.4, -0.2) is 146 Å². The molecule has 1 aliphatic heterocycles. The van der Waals surface area contributed by atoms with Crippen molar-refractivity contribution in [3.8, 4) is 0 Å². The first-order valence-corrected chi connectivity index (χ1v) is 26.2. The Kier molecular flexibility index (Phi) is 27.2. The summed E-state index contributed by atoms with van der Waals surface area (Å²) in [6.45, 7) is 13.3. The standard InChI is InChI=1S/C52H85N9O13/c1-10-11-12-19-25-41-35(5)47(66)61(9)40(28-33(2)3)45(64)58-42(37-23-17-14-18-24-37)46(65)56-38(29-54-50(69)73-31-36-21-15-13-16-22-36)43(62)57-39(44(63)55-34(4)30-72-41)32-71-27-20-26-53-48(59-49(67)68)60-51(70)74-52(6,7)8/h13,15-16,21-22,33-35,37-42H,10-12,14,17-20,23-32H2,1-9H3,(H,54,69)(H,55,63)(H,56,65)(H,57,62)(H,58,64)(H,67,68)(H2,53,59,60,70)/t34-,35-,38+,39+,40+,41-,42+/m1/s1. The molecule has 0 aromatic heterocycles. The van der Waals surface area contributed by atoms with E-state index in [2.05, 4.69) is 43.8 Å². The lowest BCUT2D eigenvalue weighted by molar-refractivity contribution is -0.147. The van der Waals surface area contributed by atoms with Gasteiger partial charge in [0.1, 0.15) is 36.4 Å². The van der Waals surface area contributed by atoms with E-state index in [0.29, 0.717) is 31.2 Å². The summed E-state index contributed by atoms with van der Waals surface area (Å²) in [5.74, 6) is -4.47. The number of rotatable bonds is 18. The van der Waals surface area contributed by atoms with Crippen LogP contribution in [0.5, 0.6) is 0 Å². The number of nitrogens with one attached hydrogen (secondary N) is 7. The molecule has 1 aromatic carbocycles. The first-order chi connectivity index (χ1) is 35.1. The Hall–Kier alpha value is -6.03. The number of aliphatic imine (C=N–C) groups is 1. The molecule has 22 heteroatoms. The summed E-state index contributed by atoms with van der Waals surface area (Å²) < 4.78 is 22.9. The highest BCUT2D eigenvalue weighted by Crippen LogP contribution is 2.28. The Morgan fingerprint density at radius 3 is 2.18 bits per heavy atom. The monoisotopic (exact) mass is 1040 g/mol. The third-order valence-corrected chi connectivity index (χ3v) is 12.5. The van der Waals surface area contributed by atoms with E-state index in [1.807, 2.05) is 25.2 Å². The van der Waals surface area contributed by atoms with Crippen molar-refractivity contribution >= 4 is 53.8 Å². The number of carbonyl (C=O) groups is 8. The first kappa shape index (κ1) is 62.3. The van der Waals surface area contributed by atoms with Crippen LogP contribution in [0.4, 0.5) is 14.4 Å². The molecule has 8 amide bonds. The third-order valence-electron chi connectivity index (χ3n) is 12.5. The Balaban J connectivity index is 2.02. The fourth-order valence-corrected chi connectivity index (χ4v) is 8.59. The molecule has 1 aliphatic carbocycles. The normalized spacial score (nSPS) is 23.5. The van der Waals surface area contributed by atoms with Gasteiger partial charge in [0.15, 0.2) is 0 Å². The second kappa shape index (κ2) is 32.3. The van der Waals surface area contributed by atoms with Gasteiger partial charge in [-0.25, -0.2) is 14.4 Å². The number of likely N-dealkylation sites (N-methyl/N-ethyl adjacent to an activating group) is 1. The molecule has 7 atom stereocenters. The van der Waals surface area contributed by atoms with Gasteiger partial charge in [0.05, 0.1) is 31.8 Å². The Bertz CT molecular complexity index is 1990. The second-order valence-corrected chi connectivity index (χ2v) is 20.7. The molecule has 2 aliphatic rings. The number of hydrogen-bond acceptors (Lipinski definition) is 13. The first-order valence-electron chi connectivity index (χ1n) is 26.2. The van der Waals surface area contributed by atoms with Crippen LogP contribution in [0.1, 0.15) is 138 Å². The van der Waals surface area contributed by atoms with Gasteiger partial charge in [-0.15, -0.1) is 0 Å². The predicted molar refractivity (Wildman–Crippen MR) is 277 cm³/mol. The fourth-order valence-electron chi connectivity index (χ4n) is 8.59. The summed E-state index contributed by atoms with van der Waals surface area (Å²) >= 11 is 0. The smallest absolute Gasteiger partial charge is 0.414 e. The summed E-state index contributed by atoms with van der Waals surface area (Å²) in [4.78, 5) is 115. The maximum atomic E-state index is 14.7. The van der Waals surface area contributed by atoms with Crippen LogP contribution < -0.4 is 37.2 Å². The Morgan fingerprint density at radius 2 is 1.53 bits per heavy atom. The maximum Gasteiger partial charge on any atom is 0.414 e. The maximum absolute atomic E-state index is 14.7. The number of unbranched alkanes of at least 4 members (excludes halogenated alkanes) is 3. The molecule has 22 nitrogen and oxygen atoms in total. The van der Waals surface area contributed by atoms with Crippen molar-refractivity contribution < 1.29 is 62.4 Å². The average Bonchev–Trinajstić information content (AvgIpc) is 3.34. The second-order valence-electron chi connectivity index (χ2n) is 20.7. The number of carboxylic acid groups (broad SMARTS) is 1. The molecular formula is C52H85N9O13. The lowest BCUT2D eigenvalue weighted by Crippen LogP contribution is -2.62. The van der Waals surface area contributed by atoms with Gasteiger partial charge in [0.25, 0.3) is 0 Å². The van der Waals surface area contributed by atoms with Crippen molar-refractivity contribution in [3.05, 3.63) is 35.9 Å². The quantitative estimate of drug-likeness (QED) is 0.0553. The van der Waals surface area contributed by atoms with Gasteiger partial charge in [0.2, 0.25) is 35.5 Å². The lowest BCUT2D eigenvalue weighted by atomic mass is 9.83. The molecule has 1 saturated carbocycles. The van der Waals surface area contributed by atoms with Crippen LogP contribution in [0.2, 0.25) is 0 Å². The molecule has 0 radical (unpaired) electrons. The van der Waals surface area contributed by atoms with Crippen molar-refractivity contribution in [3.63, 3.8) is 0 Å². The number of ether oxygens (including phenoxy) is 4. The summed E-state index contributed by atoms with van der Waals surface area (Å²) in [5.41, 5.74) is -0.154. The summed E-state index contributed by atoms with van der Waals surface area (Å²) in [7, 11) is 1.59. The molecule has 0 unspecified atom stereocenters. The molecule has 2 fully saturated rings. The topological polar surface area (TPSA) is 294 Å². The number of guanidine groups is 1. The highest BCUT2D eigenvalue weighted by Gasteiger charge is 2.39. The van der Waals surface area contributed by atoms with E-state index < -0.39 is 103 Å². The van der Waals surface area contributed by atoms with E-state index in [-0.39, 0.29) is 56.5 Å². The number of amides is 8. The molecule has 3 rings (SSSR count). The zero-order chi connectivity index (χ0) is 54.8. The molecule has 74 heavy (non-hydrogen) atoms. The van der Waals surface area contributed by atoms with Crippen molar-refractivity contribution in [1.29, 1.82) is 0 Å². The predicted octanol–water partition coefficient (Wildman–Crippen LogP) is 4.89. The van der Waals surface area contributed by atoms with Crippen molar-refractivity contribution in [2.24, 2.45) is 22.7 Å². The minimum absolute atomic E-state index is 0.0121. The van der Waals surface area contributed by atoms with E-state index in [0.717, 1.165) is 44.9 Å². The third kappa shape index (κ3) is 23.5. The number of hydrogen-bond donors (Lipinski definition) is 8. The van der Waals surface area contributed by atoms with Gasteiger partial charge in [-0.2, -0.15) is 0 Å². The molecule has 0 spiro atoms. The van der Waals surface area contributed by atoms with Crippen LogP contribution in [-0.2, 0) is 49.5 Å². The molecule has 8 N–H and O–H groups in total. The number of carbonyl (C=O) groups excluding carboxylic acids is 7. The van der Waals surface area contributed by atoms with Gasteiger partial charge >= 0.3 is 18.3 Å². The van der Waals surface area contributed by atoms with Crippen LogP contribution in [0.15, 0.2) is 35.3 Å². The summed E-state index contributed by atoms with van der Waals surface area (Å²) in [6.07, 6.45) is 4.62. The van der Waals surface area contributed by atoms with Crippen LogP contribution in [0, 0.1) is 17.8 Å². The van der Waals surface area contributed by atoms with Crippen LogP contribution >= 0.6 is 0 Å². The summed E-state index contributed by atoms with van der Waals surface area (Å²) in [5, 5.41) is 27.5. The zero-order valence-corrected chi connectivity index (χ0v) is 45.1. The van der Waals surface area contributed by atoms with Crippen molar-refractivity contribution in [1.82, 2.24) is 42.1 Å². The minimum Gasteiger partial charge on any atom is -0.465 e. The van der Waals surface area contributed by atoms with Crippen LogP contribution in [0.3, 0.4) is 0 Å². The van der Waals surface area contributed by atoms with Crippen molar-refractivity contribution in [2.75, 3.05) is 40.0 Å². The highest BCUT2D eigenvalue weighted by atomic mass is 16.6. The van der Waals surface area contributed by atoms with Gasteiger partial charge < -0.3 is 55.5 Å². The van der Waals surface area contributed by atoms with Gasteiger partial charge in [-0.1, -0.05) is 103 Å². The molecule has 416 valence electrons. The number of alkyl carbamates (subject to hydrolysis) is 2. The molecule has 0 bridgehead atoms. The average molecular weight is 1040 g/mol. The number of benzene rings is 1. The van der Waals surface area contributed by atoms with Gasteiger partial charge in [0, 0.05) is 26.2 Å². The molecular weight excluding hydrogens is 959 g/mol. The summed E-state index contributed by atoms with van der Waals surface area (Å²) in [6, 6.07) is 3.30. The van der Waals surface area contributed by atoms with E-state index >= 15 is 0 Å². The largest absolute Gasteiger partial charge is 0.465 e. The molecule has 1 heterocycles. The van der Waals surface area contributed by atoms with Crippen LogP contribution in [0.25, 0.3) is 0 Å². The molecule has 1 aromatic rings. The minimum atomic E-state index is -1.51. The number of nitrogens with zero attached hydrogens (tertiary/aromatic N) is 2. The lowest BCUT2D eigenvalue weighted by Gasteiger charge is -2.36. The SMILES string of the molecule is CCCCCC[C@H]1OC[C@@H](C)NC(=O)[C@H](COCCCN=C(NC(=O)O)NC(=O)OC(C)(C)C)NC(=O)[C@H](CNC(=O)OCc2ccccc2)NC(=O)[C@H](C2CCCCC2)NC(=O)[C@H](CC(C)C)N(C)C(=O)[C@@H]1C. The fraction of sp³-hybridized carbons (Fsp3) is 0.712. The van der Waals surface area contributed by atoms with Gasteiger partial charge in [-0.3, -0.25) is 39.6 Å².